The van der Waals surface area contributed by atoms with Gasteiger partial charge in [0, 0.05) is 30.9 Å². The highest BCUT2D eigenvalue weighted by Gasteiger charge is 2.30. The molecule has 8 heteroatoms. The summed E-state index contributed by atoms with van der Waals surface area (Å²) in [6.07, 6.45) is 8.65. The topological polar surface area (TPSA) is 88.1 Å². The standard InChI is InChI=1S/C30H40N6O2/c1-4-6-10-22(5-2)20-38-30(37)33-29-25-17-32-28-24(13-15-31-28)27(25)36(34-29)26-19-35(16-14-21(26)3)18-23-11-8-7-9-12-23/h7-9,11-13,15,17,21-22,26,34H,4-6,10,14,16,18-20H2,1-3H3,(H,33,37)/t21-,22+,26-/m1/s1. The van der Waals surface area contributed by atoms with Crippen molar-refractivity contribution in [1.82, 2.24) is 24.6 Å². The van der Waals surface area contributed by atoms with Gasteiger partial charge in [0.1, 0.15) is 5.82 Å². The Labute approximate surface area is 224 Å². The molecule has 3 atom stereocenters. The Balaban J connectivity index is 1.41. The monoisotopic (exact) mass is 516 g/mol. The molecule has 202 valence electrons. The molecule has 4 heterocycles. The van der Waals surface area contributed by atoms with Gasteiger partial charge in [-0.2, -0.15) is 0 Å². The molecule has 1 amide bonds. The van der Waals surface area contributed by atoms with Gasteiger partial charge in [-0.3, -0.25) is 20.0 Å². The van der Waals surface area contributed by atoms with Gasteiger partial charge in [-0.15, -0.1) is 0 Å². The van der Waals surface area contributed by atoms with Gasteiger partial charge < -0.3 is 4.74 Å². The number of rotatable bonds is 10. The summed E-state index contributed by atoms with van der Waals surface area (Å²) in [5.41, 5.74) is 3.06. The average molecular weight is 517 g/mol. The van der Waals surface area contributed by atoms with Crippen LogP contribution in [-0.2, 0) is 11.3 Å². The van der Waals surface area contributed by atoms with Crippen molar-refractivity contribution in [2.45, 2.75) is 65.5 Å². The van der Waals surface area contributed by atoms with Crippen LogP contribution in [-0.4, -0.2) is 50.4 Å². The number of nitrogens with zero attached hydrogens (tertiary/aromatic N) is 4. The molecule has 1 aliphatic heterocycles. The molecule has 0 bridgehead atoms. The molecule has 0 saturated carbocycles. The lowest BCUT2D eigenvalue weighted by atomic mass is 9.93. The lowest BCUT2D eigenvalue weighted by molar-refractivity contribution is 0.122. The van der Waals surface area contributed by atoms with Crippen molar-refractivity contribution in [1.29, 1.82) is 0 Å². The average Bonchev–Trinajstić information content (AvgIpc) is 3.55. The van der Waals surface area contributed by atoms with Crippen molar-refractivity contribution in [2.24, 2.45) is 11.8 Å². The second kappa shape index (κ2) is 12.0. The molecule has 4 aromatic rings. The Kier molecular flexibility index (Phi) is 8.27. The van der Waals surface area contributed by atoms with E-state index < -0.39 is 6.09 Å². The quantitative estimate of drug-likeness (QED) is 0.243. The lowest BCUT2D eigenvalue weighted by Crippen LogP contribution is -2.40. The zero-order valence-electron chi connectivity index (χ0n) is 22.8. The molecule has 0 unspecified atom stereocenters. The third kappa shape index (κ3) is 5.70. The number of piperidine rings is 1. The molecular formula is C30H40N6O2. The Bertz CT molecular complexity index is 1350. The minimum atomic E-state index is -0.432. The van der Waals surface area contributed by atoms with Crippen molar-refractivity contribution in [3.8, 4) is 0 Å². The number of carbonyl (C=O) groups excluding carboxylic acids is 1. The summed E-state index contributed by atoms with van der Waals surface area (Å²) < 4.78 is 7.89. The third-order valence-electron chi connectivity index (χ3n) is 8.05. The Morgan fingerprint density at radius 1 is 1.18 bits per heavy atom. The number of H-pyrrole nitrogens is 1. The first-order valence-corrected chi connectivity index (χ1v) is 14.1. The molecule has 5 rings (SSSR count). The van der Waals surface area contributed by atoms with E-state index in [1.165, 1.54) is 5.56 Å². The third-order valence-corrected chi connectivity index (χ3v) is 8.05. The zero-order chi connectivity index (χ0) is 26.5. The number of likely N-dealkylation sites (tertiary alicyclic amines) is 1. The highest BCUT2D eigenvalue weighted by Crippen LogP contribution is 2.36. The highest BCUT2D eigenvalue weighted by atomic mass is 16.5. The Morgan fingerprint density at radius 2 is 2.03 bits per heavy atom. The molecule has 0 aliphatic carbocycles. The van der Waals surface area contributed by atoms with Crippen LogP contribution < -0.4 is 5.32 Å². The molecule has 8 nitrogen and oxygen atoms in total. The van der Waals surface area contributed by atoms with E-state index in [4.69, 9.17) is 4.74 Å². The molecule has 38 heavy (non-hydrogen) atoms. The smallest absolute Gasteiger partial charge is 0.412 e. The summed E-state index contributed by atoms with van der Waals surface area (Å²) in [6.45, 7) is 9.99. The predicted octanol–water partition coefficient (Wildman–Crippen LogP) is 6.76. The van der Waals surface area contributed by atoms with E-state index in [-0.39, 0.29) is 6.04 Å². The minimum Gasteiger partial charge on any atom is -0.449 e. The van der Waals surface area contributed by atoms with Crippen LogP contribution in [0.15, 0.2) is 48.8 Å². The molecule has 1 aliphatic rings. The van der Waals surface area contributed by atoms with E-state index in [2.05, 4.69) is 81.1 Å². The predicted molar refractivity (Wildman–Crippen MR) is 152 cm³/mol. The second-order valence-electron chi connectivity index (χ2n) is 10.8. The fourth-order valence-electron chi connectivity index (χ4n) is 5.63. The van der Waals surface area contributed by atoms with Gasteiger partial charge in [0.2, 0.25) is 0 Å². The van der Waals surface area contributed by atoms with Gasteiger partial charge in [0.05, 0.1) is 23.6 Å². The SMILES string of the molecule is CCCC[C@H](CC)COC(=O)Nc1[nH]n([C@@H]2CN(Cc3ccccc3)CC[C@H]2C)c2c1cnc1nccc12. The molecule has 1 fully saturated rings. The lowest BCUT2D eigenvalue weighted by Gasteiger charge is -2.38. The van der Waals surface area contributed by atoms with Crippen LogP contribution in [0.1, 0.15) is 64.5 Å². The van der Waals surface area contributed by atoms with E-state index >= 15 is 0 Å². The summed E-state index contributed by atoms with van der Waals surface area (Å²) >= 11 is 0. The van der Waals surface area contributed by atoms with Crippen LogP contribution in [0, 0.1) is 11.8 Å². The number of unbranched alkanes of at least 4 members (excludes halogenated alkanes) is 1. The molecular weight excluding hydrogens is 476 g/mol. The molecule has 2 N–H and O–H groups in total. The summed E-state index contributed by atoms with van der Waals surface area (Å²) in [6, 6.07) is 12.9. The van der Waals surface area contributed by atoms with Crippen LogP contribution in [0.5, 0.6) is 0 Å². The zero-order valence-corrected chi connectivity index (χ0v) is 22.8. The van der Waals surface area contributed by atoms with E-state index in [1.807, 2.05) is 6.07 Å². The van der Waals surface area contributed by atoms with Crippen molar-refractivity contribution in [2.75, 3.05) is 25.0 Å². The fraction of sp³-hybridized carbons (Fsp3) is 0.500. The van der Waals surface area contributed by atoms with Gasteiger partial charge in [0.25, 0.3) is 0 Å². The van der Waals surface area contributed by atoms with E-state index in [9.17, 15) is 4.79 Å². The number of amides is 1. The van der Waals surface area contributed by atoms with Crippen LogP contribution in [0.4, 0.5) is 10.6 Å². The van der Waals surface area contributed by atoms with Crippen LogP contribution in [0.2, 0.25) is 0 Å². The number of ether oxygens (including phenoxy) is 1. The first-order valence-electron chi connectivity index (χ1n) is 14.1. The number of hydrogen-bond donors (Lipinski definition) is 2. The van der Waals surface area contributed by atoms with Crippen molar-refractivity contribution < 1.29 is 9.53 Å². The second-order valence-corrected chi connectivity index (χ2v) is 10.8. The maximum Gasteiger partial charge on any atom is 0.412 e. The summed E-state index contributed by atoms with van der Waals surface area (Å²) in [5.74, 6) is 1.47. The number of hydrogen-bond acceptors (Lipinski definition) is 5. The number of pyridine rings is 1. The number of carbonyl (C=O) groups is 1. The molecule has 3 aromatic heterocycles. The molecule has 0 spiro atoms. The number of fused-ring (bicyclic) bond motifs is 3. The van der Waals surface area contributed by atoms with Crippen molar-refractivity contribution >= 4 is 33.8 Å². The van der Waals surface area contributed by atoms with Crippen molar-refractivity contribution in [3.63, 3.8) is 0 Å². The maximum absolute atomic E-state index is 12.9. The van der Waals surface area contributed by atoms with Gasteiger partial charge in [-0.1, -0.05) is 70.4 Å². The van der Waals surface area contributed by atoms with Gasteiger partial charge in [0.15, 0.2) is 5.65 Å². The molecule has 1 saturated heterocycles. The number of nitrogens with one attached hydrogen (secondary N) is 2. The summed E-state index contributed by atoms with van der Waals surface area (Å²) in [4.78, 5) is 24.4. The number of benzene rings is 1. The van der Waals surface area contributed by atoms with Gasteiger partial charge in [-0.05, 0) is 42.9 Å². The Morgan fingerprint density at radius 3 is 2.82 bits per heavy atom. The van der Waals surface area contributed by atoms with Crippen molar-refractivity contribution in [3.05, 3.63) is 54.4 Å². The molecule has 0 radical (unpaired) electrons. The van der Waals surface area contributed by atoms with Crippen LogP contribution >= 0.6 is 0 Å². The largest absolute Gasteiger partial charge is 0.449 e. The minimum absolute atomic E-state index is 0.209. The highest BCUT2D eigenvalue weighted by molar-refractivity contribution is 6.08. The number of anilines is 1. The maximum atomic E-state index is 12.9. The summed E-state index contributed by atoms with van der Waals surface area (Å²) in [5, 5.41) is 8.38. The van der Waals surface area contributed by atoms with E-state index in [1.54, 1.807) is 12.4 Å². The van der Waals surface area contributed by atoms with Crippen LogP contribution in [0.25, 0.3) is 21.9 Å². The first-order chi connectivity index (χ1) is 18.6. The molecule has 1 aromatic carbocycles. The van der Waals surface area contributed by atoms with Gasteiger partial charge in [-0.25, -0.2) is 14.8 Å². The normalized spacial score (nSPS) is 19.1. The van der Waals surface area contributed by atoms with E-state index in [0.29, 0.717) is 29.9 Å². The van der Waals surface area contributed by atoms with Crippen LogP contribution in [0.3, 0.4) is 0 Å². The van der Waals surface area contributed by atoms with Gasteiger partial charge >= 0.3 is 6.09 Å². The summed E-state index contributed by atoms with van der Waals surface area (Å²) in [7, 11) is 0. The fourth-order valence-corrected chi connectivity index (χ4v) is 5.63. The number of aromatic amines is 1. The number of aromatic nitrogens is 4. The Hall–Kier alpha value is -3.39. The first kappa shape index (κ1) is 26.2. The van der Waals surface area contributed by atoms with E-state index in [0.717, 1.165) is 68.0 Å².